The molecule has 2 heterocycles. The molecule has 4 N–H and O–H groups in total. The summed E-state index contributed by atoms with van der Waals surface area (Å²) in [6, 6.07) is 18.5. The van der Waals surface area contributed by atoms with Crippen LogP contribution in [0, 0.1) is 12.0 Å². The molecule has 0 amide bonds. The number of nitrogens with zero attached hydrogens (tertiary/aromatic N) is 3. The predicted molar refractivity (Wildman–Crippen MR) is 116 cm³/mol. The van der Waals surface area contributed by atoms with Gasteiger partial charge in [0.1, 0.15) is 5.52 Å². The lowest BCUT2D eigenvalue weighted by molar-refractivity contribution is 0.0897. The topological polar surface area (TPSA) is 92.0 Å². The van der Waals surface area contributed by atoms with Gasteiger partial charge in [-0.2, -0.15) is 0 Å². The van der Waals surface area contributed by atoms with E-state index in [-0.39, 0.29) is 6.04 Å². The molecule has 4 aromatic rings. The first kappa shape index (κ1) is 18.8. The van der Waals surface area contributed by atoms with Gasteiger partial charge in [-0.3, -0.25) is 0 Å². The number of rotatable bonds is 6. The van der Waals surface area contributed by atoms with Crippen molar-refractivity contribution in [3.05, 3.63) is 66.0 Å². The molecule has 0 saturated carbocycles. The lowest BCUT2D eigenvalue weighted by atomic mass is 10.1. The molecule has 2 aromatic carbocycles. The smallest absolute Gasteiger partial charge is 0.152 e. The van der Waals surface area contributed by atoms with Crippen molar-refractivity contribution in [2.45, 2.75) is 26.0 Å². The molecule has 146 valence electrons. The molecule has 0 aliphatic rings. The van der Waals surface area contributed by atoms with Crippen LogP contribution in [0.5, 0.6) is 0 Å². The van der Waals surface area contributed by atoms with Gasteiger partial charge in [0.05, 0.1) is 36.6 Å². The number of hydrogen-bond donors (Lipinski definition) is 2. The first-order valence-corrected chi connectivity index (χ1v) is 9.60. The number of ether oxygens (including phenoxy) is 1. The van der Waals surface area contributed by atoms with Gasteiger partial charge in [-0.05, 0) is 36.1 Å². The maximum absolute atomic E-state index is 6.15. The van der Waals surface area contributed by atoms with Gasteiger partial charge in [0.15, 0.2) is 5.82 Å². The summed E-state index contributed by atoms with van der Waals surface area (Å²) in [5, 5.41) is 1.05. The molecular formula is C23H23N5O. The van der Waals surface area contributed by atoms with Crippen molar-refractivity contribution in [1.82, 2.24) is 14.5 Å². The van der Waals surface area contributed by atoms with Crippen LogP contribution in [0.15, 0.2) is 54.9 Å². The van der Waals surface area contributed by atoms with Crippen LogP contribution < -0.4 is 11.5 Å². The molecular weight excluding hydrogens is 362 g/mol. The van der Waals surface area contributed by atoms with Crippen LogP contribution in [0.25, 0.3) is 21.9 Å². The molecule has 0 aliphatic carbocycles. The van der Waals surface area contributed by atoms with Gasteiger partial charge in [0.25, 0.3) is 0 Å². The maximum Gasteiger partial charge on any atom is 0.152 e. The quantitative estimate of drug-likeness (QED) is 0.391. The van der Waals surface area contributed by atoms with E-state index in [9.17, 15) is 0 Å². The van der Waals surface area contributed by atoms with E-state index in [4.69, 9.17) is 16.2 Å². The number of nitrogen functional groups attached to an aromatic ring is 1. The van der Waals surface area contributed by atoms with Crippen LogP contribution in [0.4, 0.5) is 5.82 Å². The molecule has 0 radical (unpaired) electrons. The van der Waals surface area contributed by atoms with Gasteiger partial charge in [0, 0.05) is 17.0 Å². The normalized spacial score (nSPS) is 12.0. The van der Waals surface area contributed by atoms with Gasteiger partial charge in [-0.25, -0.2) is 9.97 Å². The maximum atomic E-state index is 6.15. The average Bonchev–Trinajstić information content (AvgIpc) is 3.19. The molecule has 1 unspecified atom stereocenters. The third kappa shape index (κ3) is 3.73. The highest BCUT2D eigenvalue weighted by Gasteiger charge is 2.17. The summed E-state index contributed by atoms with van der Waals surface area (Å²) in [6.07, 6.45) is 2.75. The minimum absolute atomic E-state index is 0.146. The Morgan fingerprint density at radius 2 is 1.93 bits per heavy atom. The number of nitrogens with two attached hydrogens (primary N) is 2. The van der Waals surface area contributed by atoms with Gasteiger partial charge in [0.2, 0.25) is 0 Å². The van der Waals surface area contributed by atoms with E-state index in [0.29, 0.717) is 19.0 Å². The molecule has 2 aromatic heterocycles. The van der Waals surface area contributed by atoms with E-state index in [1.807, 2.05) is 48.8 Å². The SMILES string of the molecule is CCC(COCc1ccc(C#CN)cc1)n1cnc2c(N)nc3ccccc3c21. The van der Waals surface area contributed by atoms with Crippen molar-refractivity contribution < 1.29 is 4.74 Å². The highest BCUT2D eigenvalue weighted by Crippen LogP contribution is 2.30. The second kappa shape index (κ2) is 8.21. The Bertz CT molecular complexity index is 1200. The van der Waals surface area contributed by atoms with Gasteiger partial charge < -0.3 is 20.8 Å². The molecule has 4 rings (SSSR count). The number of hydrogen-bond acceptors (Lipinski definition) is 5. The molecule has 0 bridgehead atoms. The van der Waals surface area contributed by atoms with E-state index in [2.05, 4.69) is 39.5 Å². The Labute approximate surface area is 169 Å². The third-order valence-corrected chi connectivity index (χ3v) is 5.05. The Kier molecular flexibility index (Phi) is 5.32. The Hall–Kier alpha value is -3.56. The number of anilines is 1. The van der Waals surface area contributed by atoms with Crippen molar-refractivity contribution >= 4 is 27.8 Å². The van der Waals surface area contributed by atoms with E-state index >= 15 is 0 Å². The van der Waals surface area contributed by atoms with Crippen LogP contribution in [0.1, 0.15) is 30.5 Å². The second-order valence-electron chi connectivity index (χ2n) is 6.91. The zero-order valence-electron chi connectivity index (χ0n) is 16.3. The van der Waals surface area contributed by atoms with E-state index < -0.39 is 0 Å². The zero-order valence-corrected chi connectivity index (χ0v) is 16.3. The average molecular weight is 385 g/mol. The highest BCUT2D eigenvalue weighted by molar-refractivity contribution is 6.06. The molecule has 29 heavy (non-hydrogen) atoms. The molecule has 1 atom stereocenters. The largest absolute Gasteiger partial charge is 0.382 e. The van der Waals surface area contributed by atoms with E-state index in [0.717, 1.165) is 39.5 Å². The molecule has 0 fully saturated rings. The molecule has 0 saturated heterocycles. The van der Waals surface area contributed by atoms with E-state index in [1.165, 1.54) is 0 Å². The Morgan fingerprint density at radius 1 is 1.14 bits per heavy atom. The fourth-order valence-corrected chi connectivity index (χ4v) is 3.52. The van der Waals surface area contributed by atoms with Crippen molar-refractivity contribution in [3.8, 4) is 12.0 Å². The fourth-order valence-electron chi connectivity index (χ4n) is 3.52. The summed E-state index contributed by atoms with van der Waals surface area (Å²) in [7, 11) is 0. The number of para-hydroxylation sites is 1. The summed E-state index contributed by atoms with van der Waals surface area (Å²) < 4.78 is 8.19. The number of benzene rings is 2. The second-order valence-corrected chi connectivity index (χ2v) is 6.91. The minimum atomic E-state index is 0.146. The van der Waals surface area contributed by atoms with Crippen molar-refractivity contribution in [3.63, 3.8) is 0 Å². The van der Waals surface area contributed by atoms with E-state index in [1.54, 1.807) is 0 Å². The molecule has 6 nitrogen and oxygen atoms in total. The van der Waals surface area contributed by atoms with Crippen molar-refractivity contribution in [2.24, 2.45) is 5.73 Å². The number of pyridine rings is 1. The highest BCUT2D eigenvalue weighted by atomic mass is 16.5. The lowest BCUT2D eigenvalue weighted by Crippen LogP contribution is -2.14. The standard InChI is InChI=1S/C23H23N5O/c1-2-18(14-29-13-17-9-7-16(8-10-17)11-12-24)28-15-26-21-22(28)19-5-3-4-6-20(19)27-23(21)25/h3-10,15,18H,2,13-14,24H2,1H3,(H2,25,27). The summed E-state index contributed by atoms with van der Waals surface area (Å²) in [6.45, 7) is 3.25. The zero-order chi connectivity index (χ0) is 20.2. The predicted octanol–water partition coefficient (Wildman–Crippen LogP) is 3.60. The van der Waals surface area contributed by atoms with Crippen molar-refractivity contribution in [2.75, 3.05) is 12.3 Å². The molecule has 6 heteroatoms. The van der Waals surface area contributed by atoms with Crippen molar-refractivity contribution in [1.29, 1.82) is 0 Å². The summed E-state index contributed by atoms with van der Waals surface area (Å²) in [5.74, 6) is 3.29. The van der Waals surface area contributed by atoms with Crippen LogP contribution in [-0.4, -0.2) is 21.1 Å². The Balaban J connectivity index is 1.56. The van der Waals surface area contributed by atoms with Crippen LogP contribution in [0.2, 0.25) is 0 Å². The monoisotopic (exact) mass is 385 g/mol. The summed E-state index contributed by atoms with van der Waals surface area (Å²) in [4.78, 5) is 9.01. The first-order chi connectivity index (χ1) is 14.2. The third-order valence-electron chi connectivity index (χ3n) is 5.05. The first-order valence-electron chi connectivity index (χ1n) is 9.60. The number of aromatic nitrogens is 3. The summed E-state index contributed by atoms with van der Waals surface area (Å²) >= 11 is 0. The van der Waals surface area contributed by atoms with Crippen LogP contribution >= 0.6 is 0 Å². The van der Waals surface area contributed by atoms with Crippen LogP contribution in [0.3, 0.4) is 0 Å². The van der Waals surface area contributed by atoms with Gasteiger partial charge >= 0.3 is 0 Å². The molecule has 0 aliphatic heterocycles. The van der Waals surface area contributed by atoms with Gasteiger partial charge in [-0.15, -0.1) is 0 Å². The Morgan fingerprint density at radius 3 is 2.69 bits per heavy atom. The minimum Gasteiger partial charge on any atom is -0.382 e. The fraction of sp³-hybridized carbons (Fsp3) is 0.217. The van der Waals surface area contributed by atoms with Crippen LogP contribution in [-0.2, 0) is 11.3 Å². The lowest BCUT2D eigenvalue weighted by Gasteiger charge is -2.19. The molecule has 0 spiro atoms. The summed E-state index contributed by atoms with van der Waals surface area (Å²) in [5.41, 5.74) is 16.0. The number of fused-ring (bicyclic) bond motifs is 3. The van der Waals surface area contributed by atoms with Gasteiger partial charge in [-0.1, -0.05) is 37.3 Å². The number of imidazole rings is 1.